The molecule has 0 bridgehead atoms. The summed E-state index contributed by atoms with van der Waals surface area (Å²) in [6, 6.07) is -5.02. The molecule has 0 spiro atoms. The second kappa shape index (κ2) is 13.1. The fourth-order valence-corrected chi connectivity index (χ4v) is 3.23. The second-order valence-electron chi connectivity index (χ2n) is 7.54. The van der Waals surface area contributed by atoms with Gasteiger partial charge in [0.15, 0.2) is 0 Å². The smallest absolute Gasteiger partial charge is 0.326 e. The molecule has 4 atom stereocenters. The maximum atomic E-state index is 13.0. The number of hydrogen-bond donors (Lipinski definition) is 9. The topological polar surface area (TPSA) is 251 Å². The monoisotopic (exact) mass is 509 g/mol. The molecule has 15 nitrogen and oxygen atoms in total. The molecule has 0 aliphatic carbocycles. The Morgan fingerprint density at radius 1 is 0.886 bits per heavy atom. The van der Waals surface area contributed by atoms with E-state index in [1.54, 1.807) is 0 Å². The zero-order valence-corrected chi connectivity index (χ0v) is 19.3. The van der Waals surface area contributed by atoms with E-state index < -0.39 is 60.2 Å². The highest BCUT2D eigenvalue weighted by Gasteiger charge is 2.30. The normalized spacial score (nSPS) is 14.2. The number of H-pyrrole nitrogens is 2. The average molecular weight is 510 g/mol. The van der Waals surface area contributed by atoms with Gasteiger partial charge in [0.25, 0.3) is 0 Å². The lowest BCUT2D eigenvalue weighted by Gasteiger charge is -2.24. The quantitative estimate of drug-likeness (QED) is 0.115. The largest absolute Gasteiger partial charge is 0.480 e. The first kappa shape index (κ1) is 27.3. The third kappa shape index (κ3) is 8.74. The van der Waals surface area contributed by atoms with Crippen LogP contribution in [0, 0.1) is 0 Å². The highest BCUT2D eigenvalue weighted by atomic mass is 32.1. The van der Waals surface area contributed by atoms with Crippen LogP contribution < -0.4 is 27.4 Å². The summed E-state index contributed by atoms with van der Waals surface area (Å²) in [4.78, 5) is 73.9. The maximum Gasteiger partial charge on any atom is 0.326 e. The highest BCUT2D eigenvalue weighted by molar-refractivity contribution is 7.80. The Labute approximate surface area is 204 Å². The van der Waals surface area contributed by atoms with Gasteiger partial charge in [0.2, 0.25) is 23.6 Å². The van der Waals surface area contributed by atoms with Crippen molar-refractivity contribution in [2.24, 2.45) is 11.5 Å². The molecule has 10 N–H and O–H groups in total. The number of carboxylic acid groups (broad SMARTS) is 1. The van der Waals surface area contributed by atoms with Crippen LogP contribution in [0.15, 0.2) is 25.0 Å². The number of primary amides is 1. The van der Waals surface area contributed by atoms with Crippen LogP contribution in [0.3, 0.4) is 0 Å². The summed E-state index contributed by atoms with van der Waals surface area (Å²) in [5, 5.41) is 16.8. The summed E-state index contributed by atoms with van der Waals surface area (Å²) < 4.78 is 0. The zero-order chi connectivity index (χ0) is 26.0. The van der Waals surface area contributed by atoms with Crippen molar-refractivity contribution < 1.29 is 29.1 Å². The van der Waals surface area contributed by atoms with Gasteiger partial charge >= 0.3 is 5.97 Å². The van der Waals surface area contributed by atoms with Crippen LogP contribution in [0.2, 0.25) is 0 Å². The number of carbonyl (C=O) groups is 5. The molecule has 4 amide bonds. The van der Waals surface area contributed by atoms with E-state index in [1.165, 1.54) is 25.0 Å². The van der Waals surface area contributed by atoms with Gasteiger partial charge in [-0.15, -0.1) is 0 Å². The summed E-state index contributed by atoms with van der Waals surface area (Å²) in [7, 11) is 0. The minimum absolute atomic E-state index is 0.0532. The SMILES string of the molecule is NC(=O)CC(N)C(=O)NC(CS)C(=O)NC(Cc1cnc[nH]1)C(=O)NC(Cc1cnc[nH]1)C(=O)O. The summed E-state index contributed by atoms with van der Waals surface area (Å²) in [5.74, 6) is -4.61. The van der Waals surface area contributed by atoms with E-state index in [0.717, 1.165) is 0 Å². The van der Waals surface area contributed by atoms with Crippen molar-refractivity contribution in [3.8, 4) is 0 Å². The van der Waals surface area contributed by atoms with Gasteiger partial charge in [0, 0.05) is 42.4 Å². The lowest BCUT2D eigenvalue weighted by molar-refractivity contribution is -0.142. The Balaban J connectivity index is 2.12. The van der Waals surface area contributed by atoms with Crippen molar-refractivity contribution >= 4 is 42.2 Å². The number of aromatic amines is 2. The van der Waals surface area contributed by atoms with E-state index >= 15 is 0 Å². The number of hydrogen-bond acceptors (Lipinski definition) is 9. The van der Waals surface area contributed by atoms with Gasteiger partial charge < -0.3 is 42.5 Å². The molecule has 0 radical (unpaired) electrons. The second-order valence-corrected chi connectivity index (χ2v) is 7.91. The number of imidazole rings is 2. The molecule has 35 heavy (non-hydrogen) atoms. The predicted octanol–water partition coefficient (Wildman–Crippen LogP) is -3.41. The standard InChI is InChI=1S/C19H27N9O6S/c20-11(3-15(21)29)16(30)28-14(6-35)18(32)26-12(1-9-4-22-7-24-9)17(31)27-13(19(33)34)2-10-5-23-8-25-10/h4-5,7-8,11-14,35H,1-3,6,20H2,(H2,21,29)(H,22,24)(H,23,25)(H,26,32)(H,27,31)(H,28,30)(H,33,34). The Morgan fingerprint density at radius 3 is 1.83 bits per heavy atom. The number of aliphatic carboxylic acids is 1. The van der Waals surface area contributed by atoms with Gasteiger partial charge in [-0.25, -0.2) is 14.8 Å². The number of aromatic nitrogens is 4. The lowest BCUT2D eigenvalue weighted by Crippen LogP contribution is -2.58. The zero-order valence-electron chi connectivity index (χ0n) is 18.4. The van der Waals surface area contributed by atoms with Crippen molar-refractivity contribution in [2.75, 3.05) is 5.75 Å². The van der Waals surface area contributed by atoms with Gasteiger partial charge in [0.1, 0.15) is 18.1 Å². The fourth-order valence-electron chi connectivity index (χ4n) is 2.97. The Bertz CT molecular complexity index is 1010. The van der Waals surface area contributed by atoms with Crippen molar-refractivity contribution in [3.05, 3.63) is 36.4 Å². The third-order valence-corrected chi connectivity index (χ3v) is 5.14. The molecule has 0 fully saturated rings. The molecule has 2 rings (SSSR count). The van der Waals surface area contributed by atoms with Crippen LogP contribution in [-0.2, 0) is 36.8 Å². The van der Waals surface area contributed by atoms with Crippen LogP contribution in [0.25, 0.3) is 0 Å². The molecule has 2 heterocycles. The third-order valence-electron chi connectivity index (χ3n) is 4.78. The van der Waals surface area contributed by atoms with Crippen LogP contribution in [-0.4, -0.2) is 84.6 Å². The fraction of sp³-hybridized carbons (Fsp3) is 0.421. The Hall–Kier alpha value is -3.92. The summed E-state index contributed by atoms with van der Waals surface area (Å²) in [6.07, 6.45) is 5.06. The summed E-state index contributed by atoms with van der Waals surface area (Å²) in [6.45, 7) is 0. The molecule has 0 saturated heterocycles. The molecule has 0 aliphatic heterocycles. The van der Waals surface area contributed by atoms with Gasteiger partial charge in [-0.3, -0.25) is 19.2 Å². The number of carboxylic acids is 1. The first-order chi connectivity index (χ1) is 16.6. The maximum absolute atomic E-state index is 13.0. The van der Waals surface area contributed by atoms with Gasteiger partial charge in [-0.05, 0) is 0 Å². The Kier molecular flexibility index (Phi) is 10.2. The van der Waals surface area contributed by atoms with E-state index in [4.69, 9.17) is 11.5 Å². The molecule has 190 valence electrons. The number of nitrogens with two attached hydrogens (primary N) is 2. The number of amides is 4. The number of nitrogens with zero attached hydrogens (tertiary/aromatic N) is 2. The molecule has 16 heteroatoms. The van der Waals surface area contributed by atoms with E-state index in [9.17, 15) is 29.1 Å². The highest BCUT2D eigenvalue weighted by Crippen LogP contribution is 2.04. The van der Waals surface area contributed by atoms with Crippen molar-refractivity contribution in [3.63, 3.8) is 0 Å². The minimum atomic E-state index is -1.31. The number of nitrogens with one attached hydrogen (secondary N) is 5. The number of carbonyl (C=O) groups excluding carboxylic acids is 4. The first-order valence-electron chi connectivity index (χ1n) is 10.3. The van der Waals surface area contributed by atoms with Crippen LogP contribution in [0.5, 0.6) is 0 Å². The molecule has 0 saturated carbocycles. The molecular weight excluding hydrogens is 482 g/mol. The van der Waals surface area contributed by atoms with Gasteiger partial charge in [-0.2, -0.15) is 12.6 Å². The van der Waals surface area contributed by atoms with Crippen LogP contribution >= 0.6 is 12.6 Å². The average Bonchev–Trinajstić information content (AvgIpc) is 3.49. The van der Waals surface area contributed by atoms with E-state index in [-0.39, 0.29) is 18.6 Å². The molecule has 2 aromatic rings. The van der Waals surface area contributed by atoms with Crippen molar-refractivity contribution in [1.82, 2.24) is 35.9 Å². The molecule has 2 aromatic heterocycles. The van der Waals surface area contributed by atoms with Gasteiger partial charge in [-0.1, -0.05) is 0 Å². The van der Waals surface area contributed by atoms with Crippen LogP contribution in [0.1, 0.15) is 17.8 Å². The predicted molar refractivity (Wildman–Crippen MR) is 124 cm³/mol. The van der Waals surface area contributed by atoms with Gasteiger partial charge in [0.05, 0.1) is 25.1 Å². The van der Waals surface area contributed by atoms with Crippen LogP contribution in [0.4, 0.5) is 0 Å². The van der Waals surface area contributed by atoms with E-state index in [1.807, 2.05) is 0 Å². The number of rotatable bonds is 14. The number of thiol groups is 1. The summed E-state index contributed by atoms with van der Waals surface area (Å²) in [5.41, 5.74) is 11.6. The van der Waals surface area contributed by atoms with Crippen molar-refractivity contribution in [2.45, 2.75) is 43.4 Å². The van der Waals surface area contributed by atoms with E-state index in [2.05, 4.69) is 48.5 Å². The summed E-state index contributed by atoms with van der Waals surface area (Å²) >= 11 is 4.05. The lowest BCUT2D eigenvalue weighted by atomic mass is 10.1. The van der Waals surface area contributed by atoms with Crippen molar-refractivity contribution in [1.29, 1.82) is 0 Å². The molecular formula is C19H27N9O6S. The minimum Gasteiger partial charge on any atom is -0.480 e. The Morgan fingerprint density at radius 2 is 1.37 bits per heavy atom. The molecule has 0 aromatic carbocycles. The van der Waals surface area contributed by atoms with E-state index in [0.29, 0.717) is 11.4 Å². The first-order valence-corrected chi connectivity index (χ1v) is 11.0. The molecule has 0 aliphatic rings. The molecule has 4 unspecified atom stereocenters.